The van der Waals surface area contributed by atoms with Crippen LogP contribution in [0.1, 0.15) is 6.42 Å². The predicted molar refractivity (Wildman–Crippen MR) is 61.1 cm³/mol. The maximum absolute atomic E-state index is 11.5. The van der Waals surface area contributed by atoms with Crippen molar-refractivity contribution in [2.45, 2.75) is 12.5 Å². The summed E-state index contributed by atoms with van der Waals surface area (Å²) in [7, 11) is 4.01. The SMILES string of the molecule is COC(=O)CN(C)C(=O)NCC(CC(=O)O)OC. The molecule has 104 valence electrons. The number of carbonyl (C=O) groups is 3. The fourth-order valence-electron chi connectivity index (χ4n) is 1.10. The van der Waals surface area contributed by atoms with E-state index in [2.05, 4.69) is 10.1 Å². The second kappa shape index (κ2) is 8.29. The van der Waals surface area contributed by atoms with E-state index in [0.717, 1.165) is 4.90 Å². The minimum Gasteiger partial charge on any atom is -0.481 e. The van der Waals surface area contributed by atoms with Gasteiger partial charge >= 0.3 is 18.0 Å². The highest BCUT2D eigenvalue weighted by atomic mass is 16.5. The molecule has 8 heteroatoms. The molecule has 0 aliphatic carbocycles. The molecule has 1 atom stereocenters. The minimum atomic E-state index is -1.01. The van der Waals surface area contributed by atoms with E-state index < -0.39 is 24.1 Å². The van der Waals surface area contributed by atoms with E-state index in [1.165, 1.54) is 21.3 Å². The fourth-order valence-corrected chi connectivity index (χ4v) is 1.10. The van der Waals surface area contributed by atoms with Crippen molar-refractivity contribution >= 4 is 18.0 Å². The van der Waals surface area contributed by atoms with Crippen molar-refractivity contribution in [2.24, 2.45) is 0 Å². The van der Waals surface area contributed by atoms with Crippen LogP contribution in [-0.2, 0) is 19.1 Å². The van der Waals surface area contributed by atoms with Gasteiger partial charge in [0.05, 0.1) is 19.6 Å². The van der Waals surface area contributed by atoms with E-state index in [4.69, 9.17) is 9.84 Å². The molecule has 0 spiro atoms. The van der Waals surface area contributed by atoms with Gasteiger partial charge in [0.1, 0.15) is 6.54 Å². The van der Waals surface area contributed by atoms with Crippen LogP contribution in [0.25, 0.3) is 0 Å². The molecule has 2 amide bonds. The summed E-state index contributed by atoms with van der Waals surface area (Å²) in [6.45, 7) is -0.133. The van der Waals surface area contributed by atoms with E-state index in [1.54, 1.807) is 0 Å². The molecule has 0 aliphatic heterocycles. The van der Waals surface area contributed by atoms with Crippen molar-refractivity contribution in [3.63, 3.8) is 0 Å². The Morgan fingerprint density at radius 2 is 1.94 bits per heavy atom. The summed E-state index contributed by atoms with van der Waals surface area (Å²) >= 11 is 0. The fraction of sp³-hybridized carbons (Fsp3) is 0.700. The zero-order valence-corrected chi connectivity index (χ0v) is 10.6. The number of amides is 2. The molecule has 0 aromatic carbocycles. The first kappa shape index (κ1) is 16.2. The van der Waals surface area contributed by atoms with Crippen LogP contribution >= 0.6 is 0 Å². The molecule has 0 bridgehead atoms. The second-order valence-electron chi connectivity index (χ2n) is 3.57. The third-order valence-electron chi connectivity index (χ3n) is 2.16. The smallest absolute Gasteiger partial charge is 0.325 e. The third-order valence-corrected chi connectivity index (χ3v) is 2.16. The second-order valence-corrected chi connectivity index (χ2v) is 3.57. The number of hydrogen-bond donors (Lipinski definition) is 2. The molecule has 2 N–H and O–H groups in total. The number of rotatable bonds is 7. The zero-order valence-electron chi connectivity index (χ0n) is 10.6. The van der Waals surface area contributed by atoms with Crippen molar-refractivity contribution < 1.29 is 29.0 Å². The van der Waals surface area contributed by atoms with Crippen molar-refractivity contribution in [3.8, 4) is 0 Å². The average molecular weight is 262 g/mol. The maximum atomic E-state index is 11.5. The van der Waals surface area contributed by atoms with Crippen molar-refractivity contribution in [2.75, 3.05) is 34.4 Å². The van der Waals surface area contributed by atoms with Gasteiger partial charge in [-0.2, -0.15) is 0 Å². The molecule has 0 aromatic rings. The van der Waals surface area contributed by atoms with E-state index in [0.29, 0.717) is 0 Å². The molecule has 0 aliphatic rings. The number of nitrogens with zero attached hydrogens (tertiary/aromatic N) is 1. The first-order valence-electron chi connectivity index (χ1n) is 5.21. The molecule has 0 radical (unpaired) electrons. The van der Waals surface area contributed by atoms with Crippen LogP contribution in [0.3, 0.4) is 0 Å². The lowest BCUT2D eigenvalue weighted by Gasteiger charge is -2.19. The van der Waals surface area contributed by atoms with Crippen molar-refractivity contribution in [1.82, 2.24) is 10.2 Å². The summed E-state index contributed by atoms with van der Waals surface area (Å²) in [6.07, 6.45) is -0.824. The Bertz CT molecular complexity index is 307. The Balaban J connectivity index is 4.07. The Kier molecular flexibility index (Phi) is 7.45. The lowest BCUT2D eigenvalue weighted by atomic mass is 10.2. The Morgan fingerprint density at radius 3 is 2.39 bits per heavy atom. The summed E-state index contributed by atoms with van der Waals surface area (Å²) in [6, 6.07) is -0.507. The Morgan fingerprint density at radius 1 is 1.33 bits per heavy atom. The number of carbonyl (C=O) groups excluding carboxylic acids is 2. The van der Waals surface area contributed by atoms with E-state index >= 15 is 0 Å². The molecule has 8 nitrogen and oxygen atoms in total. The number of carboxylic acid groups (broad SMARTS) is 1. The van der Waals surface area contributed by atoms with Crippen LogP contribution in [0.15, 0.2) is 0 Å². The van der Waals surface area contributed by atoms with Crippen LogP contribution < -0.4 is 5.32 Å². The van der Waals surface area contributed by atoms with E-state index in [1.807, 2.05) is 0 Å². The first-order chi connectivity index (χ1) is 8.40. The summed E-state index contributed by atoms with van der Waals surface area (Å²) in [5.41, 5.74) is 0. The van der Waals surface area contributed by atoms with Gasteiger partial charge in [0.2, 0.25) is 0 Å². The molecule has 1 unspecified atom stereocenters. The van der Waals surface area contributed by atoms with Gasteiger partial charge in [-0.3, -0.25) is 9.59 Å². The Hall–Kier alpha value is -1.83. The quantitative estimate of drug-likeness (QED) is 0.587. The molecule has 18 heavy (non-hydrogen) atoms. The van der Waals surface area contributed by atoms with Gasteiger partial charge in [0, 0.05) is 20.7 Å². The molecule has 0 saturated heterocycles. The highest BCUT2D eigenvalue weighted by Crippen LogP contribution is 1.96. The third kappa shape index (κ3) is 6.69. The topological polar surface area (TPSA) is 105 Å². The average Bonchev–Trinajstić information content (AvgIpc) is 2.33. The summed E-state index contributed by atoms with van der Waals surface area (Å²) in [5.74, 6) is -1.56. The van der Waals surface area contributed by atoms with Gasteiger partial charge in [-0.1, -0.05) is 0 Å². The number of aliphatic carboxylic acids is 1. The van der Waals surface area contributed by atoms with Gasteiger partial charge in [-0.05, 0) is 0 Å². The monoisotopic (exact) mass is 262 g/mol. The Labute approximate surface area is 105 Å². The summed E-state index contributed by atoms with van der Waals surface area (Å²) in [5, 5.41) is 11.0. The number of nitrogens with one attached hydrogen (secondary N) is 1. The highest BCUT2D eigenvalue weighted by molar-refractivity contribution is 5.80. The van der Waals surface area contributed by atoms with Crippen LogP contribution in [0.5, 0.6) is 0 Å². The van der Waals surface area contributed by atoms with Crippen LogP contribution in [0.2, 0.25) is 0 Å². The number of urea groups is 1. The summed E-state index contributed by atoms with van der Waals surface area (Å²) in [4.78, 5) is 34.0. The van der Waals surface area contributed by atoms with Gasteiger partial charge < -0.3 is 24.8 Å². The number of methoxy groups -OCH3 is 2. The van der Waals surface area contributed by atoms with E-state index in [9.17, 15) is 14.4 Å². The highest BCUT2D eigenvalue weighted by Gasteiger charge is 2.16. The van der Waals surface area contributed by atoms with Crippen molar-refractivity contribution in [3.05, 3.63) is 0 Å². The van der Waals surface area contributed by atoms with Crippen LogP contribution in [-0.4, -0.2) is 68.4 Å². The van der Waals surface area contributed by atoms with Gasteiger partial charge in [0.25, 0.3) is 0 Å². The van der Waals surface area contributed by atoms with E-state index in [-0.39, 0.29) is 19.5 Å². The molecule has 0 saturated carbocycles. The number of likely N-dealkylation sites (N-methyl/N-ethyl adjacent to an activating group) is 1. The molecular weight excluding hydrogens is 244 g/mol. The number of hydrogen-bond acceptors (Lipinski definition) is 5. The van der Waals surface area contributed by atoms with Crippen LogP contribution in [0.4, 0.5) is 4.79 Å². The number of ether oxygens (including phenoxy) is 2. The summed E-state index contributed by atoms with van der Waals surface area (Å²) < 4.78 is 9.30. The van der Waals surface area contributed by atoms with Crippen molar-refractivity contribution in [1.29, 1.82) is 0 Å². The molecule has 0 heterocycles. The molecule has 0 aromatic heterocycles. The largest absolute Gasteiger partial charge is 0.481 e. The normalized spacial score (nSPS) is 11.5. The maximum Gasteiger partial charge on any atom is 0.325 e. The first-order valence-corrected chi connectivity index (χ1v) is 5.21. The minimum absolute atomic E-state index is 0.0488. The standard InChI is InChI=1S/C10H18N2O6/c1-12(6-9(15)18-3)10(16)11-5-7(17-2)4-8(13)14/h7H,4-6H2,1-3H3,(H,11,16)(H,13,14). The molecule has 0 rings (SSSR count). The van der Waals surface area contributed by atoms with Crippen LogP contribution in [0, 0.1) is 0 Å². The van der Waals surface area contributed by atoms with Gasteiger partial charge in [-0.25, -0.2) is 4.79 Å². The lowest BCUT2D eigenvalue weighted by Crippen LogP contribution is -2.43. The molecule has 0 fully saturated rings. The number of esters is 1. The number of carboxylic acids is 1. The molecular formula is C10H18N2O6. The predicted octanol–water partition coefficient (Wildman–Crippen LogP) is -0.709. The van der Waals surface area contributed by atoms with Gasteiger partial charge in [-0.15, -0.1) is 0 Å². The van der Waals surface area contributed by atoms with Gasteiger partial charge in [0.15, 0.2) is 0 Å². The lowest BCUT2D eigenvalue weighted by molar-refractivity contribution is -0.141. The zero-order chi connectivity index (χ0) is 14.1.